The average Bonchev–Trinajstić information content (AvgIpc) is 2.72. The van der Waals surface area contributed by atoms with Crippen LogP contribution in [0.5, 0.6) is 11.5 Å². The molecule has 148 valence electrons. The Kier molecular flexibility index (Phi) is 6.03. The number of benzene rings is 2. The standard InChI is InChI=1S/C21H24N2O5/c1-27-17-12-15-9-11-23(21(26)22-10-8-19(24)25)20(14-6-4-3-5-7-14)16(15)13-18(17)28-2/h3-7,12-13,20H,8-11H2,1-2H3,(H,22,26)(H,24,25)/p-1/t20-/m0/s1. The number of carbonyl (C=O) groups is 2. The van der Waals surface area contributed by atoms with Crippen molar-refractivity contribution in [2.24, 2.45) is 0 Å². The first-order valence-corrected chi connectivity index (χ1v) is 9.09. The Bertz CT molecular complexity index is 853. The van der Waals surface area contributed by atoms with Gasteiger partial charge in [-0.3, -0.25) is 0 Å². The van der Waals surface area contributed by atoms with Crippen molar-refractivity contribution in [3.05, 3.63) is 59.2 Å². The van der Waals surface area contributed by atoms with Crippen LogP contribution in [0.4, 0.5) is 4.79 Å². The summed E-state index contributed by atoms with van der Waals surface area (Å²) in [6.45, 7) is 0.525. The number of amides is 2. The number of urea groups is 1. The summed E-state index contributed by atoms with van der Waals surface area (Å²) in [7, 11) is 3.17. The van der Waals surface area contributed by atoms with Crippen LogP contribution in [0.15, 0.2) is 42.5 Å². The second kappa shape index (κ2) is 8.65. The number of rotatable bonds is 6. The van der Waals surface area contributed by atoms with Crippen molar-refractivity contribution in [3.8, 4) is 11.5 Å². The van der Waals surface area contributed by atoms with Crippen LogP contribution in [0.2, 0.25) is 0 Å². The number of carboxylic acids is 1. The first kappa shape index (κ1) is 19.5. The highest BCUT2D eigenvalue weighted by Crippen LogP contribution is 2.40. The monoisotopic (exact) mass is 383 g/mol. The van der Waals surface area contributed by atoms with E-state index in [1.54, 1.807) is 19.1 Å². The normalized spacial score (nSPS) is 15.5. The third-order valence-electron chi connectivity index (χ3n) is 4.86. The Morgan fingerprint density at radius 3 is 2.46 bits per heavy atom. The number of fused-ring (bicyclic) bond motifs is 1. The topological polar surface area (TPSA) is 90.9 Å². The van der Waals surface area contributed by atoms with Crippen LogP contribution < -0.4 is 19.9 Å². The van der Waals surface area contributed by atoms with Crippen LogP contribution in [0.25, 0.3) is 0 Å². The summed E-state index contributed by atoms with van der Waals surface area (Å²) in [5, 5.41) is 13.3. The van der Waals surface area contributed by atoms with Crippen molar-refractivity contribution in [3.63, 3.8) is 0 Å². The molecule has 0 saturated carbocycles. The lowest BCUT2D eigenvalue weighted by molar-refractivity contribution is -0.305. The highest BCUT2D eigenvalue weighted by molar-refractivity contribution is 5.77. The summed E-state index contributed by atoms with van der Waals surface area (Å²) in [4.78, 5) is 25.2. The van der Waals surface area contributed by atoms with Gasteiger partial charge in [0.15, 0.2) is 11.5 Å². The molecule has 7 nitrogen and oxygen atoms in total. The summed E-state index contributed by atoms with van der Waals surface area (Å²) >= 11 is 0. The molecular formula is C21H23N2O5-. The van der Waals surface area contributed by atoms with E-state index in [4.69, 9.17) is 9.47 Å². The predicted octanol–water partition coefficient (Wildman–Crippen LogP) is 1.50. The van der Waals surface area contributed by atoms with Crippen molar-refractivity contribution in [2.75, 3.05) is 27.3 Å². The van der Waals surface area contributed by atoms with Crippen molar-refractivity contribution in [1.82, 2.24) is 10.2 Å². The van der Waals surface area contributed by atoms with E-state index in [9.17, 15) is 14.7 Å². The minimum absolute atomic E-state index is 0.0258. The number of ether oxygens (including phenoxy) is 2. The van der Waals surface area contributed by atoms with Crippen LogP contribution in [-0.2, 0) is 11.2 Å². The van der Waals surface area contributed by atoms with E-state index in [0.717, 1.165) is 16.7 Å². The molecule has 1 atom stereocenters. The Morgan fingerprint density at radius 1 is 1.14 bits per heavy atom. The maximum atomic E-state index is 12.8. The molecule has 28 heavy (non-hydrogen) atoms. The molecule has 0 fully saturated rings. The smallest absolute Gasteiger partial charge is 0.318 e. The maximum absolute atomic E-state index is 12.8. The number of carbonyl (C=O) groups excluding carboxylic acids is 2. The molecular weight excluding hydrogens is 360 g/mol. The first-order chi connectivity index (χ1) is 13.5. The molecule has 2 amide bonds. The van der Waals surface area contributed by atoms with E-state index in [1.807, 2.05) is 42.5 Å². The highest BCUT2D eigenvalue weighted by atomic mass is 16.5. The van der Waals surface area contributed by atoms with Gasteiger partial charge in [0.05, 0.1) is 20.3 Å². The summed E-state index contributed by atoms with van der Waals surface area (Å²) in [5.41, 5.74) is 3.01. The van der Waals surface area contributed by atoms with Gasteiger partial charge in [-0.1, -0.05) is 30.3 Å². The third-order valence-corrected chi connectivity index (χ3v) is 4.86. The Hall–Kier alpha value is -3.22. The van der Waals surface area contributed by atoms with Crippen molar-refractivity contribution in [2.45, 2.75) is 18.9 Å². The first-order valence-electron chi connectivity index (χ1n) is 9.09. The van der Waals surface area contributed by atoms with Crippen LogP contribution >= 0.6 is 0 Å². The fourth-order valence-electron chi connectivity index (χ4n) is 3.53. The molecule has 1 N–H and O–H groups in total. The van der Waals surface area contributed by atoms with Crippen LogP contribution in [0.3, 0.4) is 0 Å². The molecule has 0 bridgehead atoms. The van der Waals surface area contributed by atoms with Crippen molar-refractivity contribution in [1.29, 1.82) is 0 Å². The molecule has 3 rings (SSSR count). The zero-order valence-electron chi connectivity index (χ0n) is 15.9. The van der Waals surface area contributed by atoms with E-state index in [2.05, 4.69) is 5.32 Å². The highest BCUT2D eigenvalue weighted by Gasteiger charge is 2.33. The molecule has 0 aromatic heterocycles. The van der Waals surface area contributed by atoms with Gasteiger partial charge in [0, 0.05) is 25.5 Å². The number of carboxylic acid groups (broad SMARTS) is 1. The number of hydrogen-bond donors (Lipinski definition) is 1. The molecule has 1 heterocycles. The summed E-state index contributed by atoms with van der Waals surface area (Å²) < 4.78 is 10.9. The molecule has 0 saturated heterocycles. The maximum Gasteiger partial charge on any atom is 0.318 e. The van der Waals surface area contributed by atoms with Gasteiger partial charge in [-0.15, -0.1) is 0 Å². The fraction of sp³-hybridized carbons (Fsp3) is 0.333. The van der Waals surface area contributed by atoms with Gasteiger partial charge in [0.2, 0.25) is 0 Å². The van der Waals surface area contributed by atoms with E-state index >= 15 is 0 Å². The van der Waals surface area contributed by atoms with Crippen molar-refractivity contribution >= 4 is 12.0 Å². The molecule has 0 unspecified atom stereocenters. The van der Waals surface area contributed by atoms with Gasteiger partial charge in [-0.05, 0) is 35.2 Å². The minimum Gasteiger partial charge on any atom is -0.550 e. The second-order valence-corrected chi connectivity index (χ2v) is 6.52. The largest absolute Gasteiger partial charge is 0.550 e. The number of nitrogens with one attached hydrogen (secondary N) is 1. The number of nitrogens with zero attached hydrogens (tertiary/aromatic N) is 1. The number of aliphatic carboxylic acids is 1. The quantitative estimate of drug-likeness (QED) is 0.816. The molecule has 1 aliphatic rings. The Labute approximate surface area is 163 Å². The lowest BCUT2D eigenvalue weighted by Crippen LogP contribution is -2.46. The number of hydrogen-bond acceptors (Lipinski definition) is 5. The minimum atomic E-state index is -1.19. The molecule has 0 radical (unpaired) electrons. The van der Waals surface area contributed by atoms with E-state index in [-0.39, 0.29) is 25.0 Å². The van der Waals surface area contributed by atoms with Crippen LogP contribution in [0.1, 0.15) is 29.2 Å². The third kappa shape index (κ3) is 4.03. The van der Waals surface area contributed by atoms with Crippen molar-refractivity contribution < 1.29 is 24.2 Å². The van der Waals surface area contributed by atoms with Gasteiger partial charge >= 0.3 is 6.03 Å². The average molecular weight is 383 g/mol. The zero-order chi connectivity index (χ0) is 20.1. The SMILES string of the molecule is COc1cc2c(cc1OC)[C@H](c1ccccc1)N(C(=O)NCCC(=O)[O-])CC2. The summed E-state index contributed by atoms with van der Waals surface area (Å²) in [6, 6.07) is 13.0. The number of methoxy groups -OCH3 is 2. The van der Waals surface area contributed by atoms with Crippen LogP contribution in [-0.4, -0.2) is 44.2 Å². The summed E-state index contributed by atoms with van der Waals surface area (Å²) in [5.74, 6) is 0.0574. The van der Waals surface area contributed by atoms with Gasteiger partial charge < -0.3 is 29.6 Å². The van der Waals surface area contributed by atoms with E-state index in [1.165, 1.54) is 0 Å². The fourth-order valence-corrected chi connectivity index (χ4v) is 3.53. The molecule has 2 aromatic rings. The molecule has 2 aromatic carbocycles. The molecule has 1 aliphatic heterocycles. The molecule has 0 aliphatic carbocycles. The zero-order valence-corrected chi connectivity index (χ0v) is 15.9. The Balaban J connectivity index is 1.99. The van der Waals surface area contributed by atoms with E-state index in [0.29, 0.717) is 24.5 Å². The second-order valence-electron chi connectivity index (χ2n) is 6.52. The van der Waals surface area contributed by atoms with Gasteiger partial charge in [0.1, 0.15) is 0 Å². The lowest BCUT2D eigenvalue weighted by Gasteiger charge is -2.38. The molecule has 0 spiro atoms. The lowest BCUT2D eigenvalue weighted by atomic mass is 9.88. The van der Waals surface area contributed by atoms with Gasteiger partial charge in [-0.2, -0.15) is 0 Å². The summed E-state index contributed by atoms with van der Waals surface area (Å²) in [6.07, 6.45) is 0.435. The van der Waals surface area contributed by atoms with Gasteiger partial charge in [-0.25, -0.2) is 4.79 Å². The van der Waals surface area contributed by atoms with Gasteiger partial charge in [0.25, 0.3) is 0 Å². The Morgan fingerprint density at radius 2 is 1.82 bits per heavy atom. The van der Waals surface area contributed by atoms with E-state index < -0.39 is 5.97 Å². The van der Waals surface area contributed by atoms with Crippen LogP contribution in [0, 0.1) is 0 Å². The predicted molar refractivity (Wildman–Crippen MR) is 101 cm³/mol. The molecule has 7 heteroatoms.